The van der Waals surface area contributed by atoms with E-state index >= 15 is 0 Å². The van der Waals surface area contributed by atoms with Crippen LogP contribution in [0.15, 0.2) is 59.5 Å². The van der Waals surface area contributed by atoms with E-state index in [0.717, 1.165) is 41.3 Å². The number of carbonyl (C=O) groups is 2. The molecule has 0 saturated carbocycles. The summed E-state index contributed by atoms with van der Waals surface area (Å²) in [5.74, 6) is 0.908. The lowest BCUT2D eigenvalue weighted by molar-refractivity contribution is 0.0668. The Kier molecular flexibility index (Phi) is 6.92. The van der Waals surface area contributed by atoms with Crippen LogP contribution in [0.25, 0.3) is 0 Å². The van der Waals surface area contributed by atoms with Crippen LogP contribution in [0.5, 0.6) is 0 Å². The minimum absolute atomic E-state index is 0.0357. The average molecular weight is 426 g/mol. The van der Waals surface area contributed by atoms with Crippen molar-refractivity contribution in [2.45, 2.75) is 23.8 Å². The van der Waals surface area contributed by atoms with E-state index in [-0.39, 0.29) is 18.0 Å². The molecule has 1 N–H and O–H groups in total. The summed E-state index contributed by atoms with van der Waals surface area (Å²) in [5.41, 5.74) is 1.51. The second-order valence-electron chi connectivity index (χ2n) is 7.52. The van der Waals surface area contributed by atoms with Gasteiger partial charge in [-0.05, 0) is 37.1 Å². The van der Waals surface area contributed by atoms with E-state index in [1.54, 1.807) is 16.7 Å². The zero-order valence-corrected chi connectivity index (χ0v) is 17.8. The molecule has 4 rings (SSSR count). The van der Waals surface area contributed by atoms with Crippen molar-refractivity contribution in [1.29, 1.82) is 0 Å². The Labute approximate surface area is 181 Å². The van der Waals surface area contributed by atoms with E-state index in [1.807, 2.05) is 59.5 Å². The van der Waals surface area contributed by atoms with Gasteiger partial charge < -0.3 is 19.9 Å². The number of nitrogens with zero attached hydrogens (tertiary/aromatic N) is 2. The number of benzene rings is 2. The van der Waals surface area contributed by atoms with Crippen LogP contribution in [0.3, 0.4) is 0 Å². The average Bonchev–Trinajstić information content (AvgIpc) is 3.32. The van der Waals surface area contributed by atoms with E-state index in [0.29, 0.717) is 26.2 Å². The molecule has 2 fully saturated rings. The molecule has 2 aromatic rings. The number of carbonyl (C=O) groups excluding carboxylic acids is 2. The van der Waals surface area contributed by atoms with Crippen LogP contribution >= 0.6 is 11.8 Å². The molecule has 2 aliphatic rings. The van der Waals surface area contributed by atoms with Crippen LogP contribution in [0, 0.1) is 0 Å². The van der Waals surface area contributed by atoms with Gasteiger partial charge in [0.2, 0.25) is 0 Å². The maximum atomic E-state index is 13.1. The molecule has 0 unspecified atom stereocenters. The van der Waals surface area contributed by atoms with Gasteiger partial charge in [-0.15, -0.1) is 11.8 Å². The van der Waals surface area contributed by atoms with Crippen LogP contribution in [0.2, 0.25) is 0 Å². The summed E-state index contributed by atoms with van der Waals surface area (Å²) in [6.45, 7) is 2.96. The first-order valence-corrected chi connectivity index (χ1v) is 11.4. The quantitative estimate of drug-likeness (QED) is 0.737. The fraction of sp³-hybridized carbons (Fsp3) is 0.391. The number of rotatable bonds is 5. The number of para-hydroxylation sites is 1. The molecule has 1 atom stereocenters. The molecule has 3 amide bonds. The van der Waals surface area contributed by atoms with Crippen molar-refractivity contribution in [3.8, 4) is 0 Å². The summed E-state index contributed by atoms with van der Waals surface area (Å²) >= 11 is 1.70. The second-order valence-corrected chi connectivity index (χ2v) is 8.58. The lowest BCUT2D eigenvalue weighted by Gasteiger charge is -2.35. The van der Waals surface area contributed by atoms with Gasteiger partial charge in [-0.1, -0.05) is 30.3 Å². The van der Waals surface area contributed by atoms with E-state index < -0.39 is 0 Å². The fourth-order valence-corrected chi connectivity index (χ4v) is 4.85. The van der Waals surface area contributed by atoms with Gasteiger partial charge in [0, 0.05) is 49.1 Å². The Bertz CT molecular complexity index is 863. The van der Waals surface area contributed by atoms with E-state index in [2.05, 4.69) is 5.32 Å². The number of hydrogen-bond acceptors (Lipinski definition) is 4. The minimum Gasteiger partial charge on any atom is -0.377 e. The van der Waals surface area contributed by atoms with Crippen LogP contribution < -0.4 is 5.32 Å². The SMILES string of the molecule is O=C(Nc1ccccc1)N1CCN(C(=O)c2ccccc2SC[C@@H]2CCCO2)CC1. The highest BCUT2D eigenvalue weighted by molar-refractivity contribution is 7.99. The van der Waals surface area contributed by atoms with Crippen LogP contribution in [0.1, 0.15) is 23.2 Å². The predicted octanol–water partition coefficient (Wildman–Crippen LogP) is 3.95. The Hall–Kier alpha value is -2.51. The third kappa shape index (κ3) is 5.15. The molecule has 0 aliphatic carbocycles. The van der Waals surface area contributed by atoms with Crippen molar-refractivity contribution in [3.63, 3.8) is 0 Å². The Balaban J connectivity index is 1.32. The van der Waals surface area contributed by atoms with E-state index in [4.69, 9.17) is 4.74 Å². The Morgan fingerprint density at radius 3 is 2.40 bits per heavy atom. The van der Waals surface area contributed by atoms with Gasteiger partial charge in [0.15, 0.2) is 0 Å². The molecule has 7 heteroatoms. The number of urea groups is 1. The van der Waals surface area contributed by atoms with Gasteiger partial charge in [0.1, 0.15) is 0 Å². The summed E-state index contributed by atoms with van der Waals surface area (Å²) in [4.78, 5) is 30.2. The molecule has 2 aromatic carbocycles. The molecule has 2 heterocycles. The third-order valence-electron chi connectivity index (χ3n) is 5.45. The first kappa shape index (κ1) is 20.8. The lowest BCUT2D eigenvalue weighted by atomic mass is 10.2. The number of thioether (sulfide) groups is 1. The van der Waals surface area contributed by atoms with Crippen LogP contribution in [-0.4, -0.2) is 66.4 Å². The van der Waals surface area contributed by atoms with Crippen LogP contribution in [-0.2, 0) is 4.74 Å². The van der Waals surface area contributed by atoms with Gasteiger partial charge >= 0.3 is 6.03 Å². The third-order valence-corrected chi connectivity index (χ3v) is 6.65. The standard InChI is InChI=1S/C23H27N3O3S/c27-22(20-10-4-5-11-21(20)30-17-19-9-6-16-29-19)25-12-14-26(15-13-25)23(28)24-18-7-2-1-3-8-18/h1-5,7-8,10-11,19H,6,9,12-17H2,(H,24,28)/t19-/m0/s1. The minimum atomic E-state index is -0.124. The van der Waals surface area contributed by atoms with Gasteiger partial charge in [-0.2, -0.15) is 0 Å². The van der Waals surface area contributed by atoms with Gasteiger partial charge in [-0.3, -0.25) is 4.79 Å². The first-order valence-electron chi connectivity index (χ1n) is 10.4. The van der Waals surface area contributed by atoms with Crippen molar-refractivity contribution in [3.05, 3.63) is 60.2 Å². The molecule has 30 heavy (non-hydrogen) atoms. The molecule has 0 bridgehead atoms. The number of ether oxygens (including phenoxy) is 1. The number of hydrogen-bond donors (Lipinski definition) is 1. The topological polar surface area (TPSA) is 61.9 Å². The molecule has 2 aliphatic heterocycles. The van der Waals surface area contributed by atoms with Crippen molar-refractivity contribution in [2.24, 2.45) is 0 Å². The van der Waals surface area contributed by atoms with Gasteiger partial charge in [0.05, 0.1) is 11.7 Å². The zero-order valence-electron chi connectivity index (χ0n) is 17.0. The number of piperazine rings is 1. The molecule has 158 valence electrons. The highest BCUT2D eigenvalue weighted by Gasteiger charge is 2.26. The normalized spacial score (nSPS) is 19.0. The monoisotopic (exact) mass is 425 g/mol. The molecule has 0 aromatic heterocycles. The number of amides is 3. The van der Waals surface area contributed by atoms with Crippen molar-refractivity contribution in [1.82, 2.24) is 9.80 Å². The second kappa shape index (κ2) is 10.00. The molecule has 0 spiro atoms. The summed E-state index contributed by atoms with van der Waals surface area (Å²) in [5, 5.41) is 2.91. The largest absolute Gasteiger partial charge is 0.377 e. The first-order chi connectivity index (χ1) is 14.7. The van der Waals surface area contributed by atoms with Crippen LogP contribution in [0.4, 0.5) is 10.5 Å². The lowest BCUT2D eigenvalue weighted by Crippen LogP contribution is -2.51. The zero-order chi connectivity index (χ0) is 20.8. The highest BCUT2D eigenvalue weighted by Crippen LogP contribution is 2.28. The van der Waals surface area contributed by atoms with Crippen molar-refractivity contribution < 1.29 is 14.3 Å². The molecular formula is C23H27N3O3S. The Morgan fingerprint density at radius 1 is 0.967 bits per heavy atom. The maximum Gasteiger partial charge on any atom is 0.321 e. The number of anilines is 1. The van der Waals surface area contributed by atoms with E-state index in [9.17, 15) is 9.59 Å². The smallest absolute Gasteiger partial charge is 0.321 e. The predicted molar refractivity (Wildman–Crippen MR) is 119 cm³/mol. The summed E-state index contributed by atoms with van der Waals surface area (Å²) in [6.07, 6.45) is 2.49. The fourth-order valence-electron chi connectivity index (χ4n) is 3.73. The highest BCUT2D eigenvalue weighted by atomic mass is 32.2. The van der Waals surface area contributed by atoms with Crippen molar-refractivity contribution in [2.75, 3.05) is 43.9 Å². The van der Waals surface area contributed by atoms with E-state index in [1.165, 1.54) is 0 Å². The van der Waals surface area contributed by atoms with Crippen molar-refractivity contribution >= 4 is 29.4 Å². The summed E-state index contributed by atoms with van der Waals surface area (Å²) in [6, 6.07) is 17.1. The number of nitrogens with one attached hydrogen (secondary N) is 1. The summed E-state index contributed by atoms with van der Waals surface area (Å²) < 4.78 is 5.71. The Morgan fingerprint density at radius 2 is 1.67 bits per heavy atom. The molecule has 6 nitrogen and oxygen atoms in total. The van der Waals surface area contributed by atoms with Gasteiger partial charge in [0.25, 0.3) is 5.91 Å². The molecule has 2 saturated heterocycles. The maximum absolute atomic E-state index is 13.1. The molecular weight excluding hydrogens is 398 g/mol. The summed E-state index contributed by atoms with van der Waals surface area (Å²) in [7, 11) is 0. The van der Waals surface area contributed by atoms with Gasteiger partial charge in [-0.25, -0.2) is 4.79 Å². The molecule has 0 radical (unpaired) electrons.